The van der Waals surface area contributed by atoms with Crippen molar-refractivity contribution in [2.75, 3.05) is 24.5 Å². The number of phenolic OH excluding ortho intramolecular Hbond substituents is 1. The van der Waals surface area contributed by atoms with Gasteiger partial charge in [0.25, 0.3) is 0 Å². The van der Waals surface area contributed by atoms with E-state index in [-0.39, 0.29) is 11.7 Å². The second-order valence-electron chi connectivity index (χ2n) is 5.94. The van der Waals surface area contributed by atoms with Crippen molar-refractivity contribution < 1.29 is 9.90 Å². The monoisotopic (exact) mass is 322 g/mol. The first-order valence-electron chi connectivity index (χ1n) is 8.30. The summed E-state index contributed by atoms with van der Waals surface area (Å²) in [4.78, 5) is 14.2. The van der Waals surface area contributed by atoms with Gasteiger partial charge in [-0.05, 0) is 48.2 Å². The number of carbonyl (C=O) groups excluding carboxylic acids is 1. The molecule has 0 aliphatic carbocycles. The number of hydrogen-bond donors (Lipinski definition) is 2. The molecule has 1 amide bonds. The predicted octanol–water partition coefficient (Wildman–Crippen LogP) is 2.97. The number of nitrogens with one attached hydrogen (secondary N) is 1. The van der Waals surface area contributed by atoms with Crippen molar-refractivity contribution in [3.8, 4) is 5.75 Å². The molecule has 1 heterocycles. The number of rotatable bonds is 6. The molecule has 0 saturated heterocycles. The normalized spacial score (nSPS) is 13.2. The maximum absolute atomic E-state index is 11.8. The minimum atomic E-state index is -0.0927. The number of aromatic hydroxyl groups is 1. The Kier molecular flexibility index (Phi) is 5.16. The maximum atomic E-state index is 11.8. The Morgan fingerprint density at radius 3 is 2.79 bits per heavy atom. The van der Waals surface area contributed by atoms with Crippen molar-refractivity contribution in [1.82, 2.24) is 5.32 Å². The average Bonchev–Trinajstić information content (AvgIpc) is 3.01. The Labute approximate surface area is 142 Å². The molecule has 4 heteroatoms. The fourth-order valence-corrected chi connectivity index (χ4v) is 2.94. The number of hydrogen-bond acceptors (Lipinski definition) is 3. The van der Waals surface area contributed by atoms with Crippen LogP contribution in [0.15, 0.2) is 54.6 Å². The molecule has 2 aromatic carbocycles. The van der Waals surface area contributed by atoms with E-state index in [0.717, 1.165) is 31.5 Å². The summed E-state index contributed by atoms with van der Waals surface area (Å²) in [5.41, 5.74) is 3.63. The van der Waals surface area contributed by atoms with Crippen LogP contribution in [0.3, 0.4) is 0 Å². The highest BCUT2D eigenvalue weighted by Crippen LogP contribution is 2.27. The van der Waals surface area contributed by atoms with Crippen molar-refractivity contribution >= 4 is 17.7 Å². The number of para-hydroxylation sites is 1. The summed E-state index contributed by atoms with van der Waals surface area (Å²) < 4.78 is 0. The predicted molar refractivity (Wildman–Crippen MR) is 97.1 cm³/mol. The molecule has 2 aromatic rings. The third kappa shape index (κ3) is 4.16. The largest absolute Gasteiger partial charge is 0.508 e. The number of fused-ring (bicyclic) bond motifs is 1. The van der Waals surface area contributed by atoms with Crippen molar-refractivity contribution in [2.45, 2.75) is 12.8 Å². The third-order valence-corrected chi connectivity index (χ3v) is 4.21. The first-order valence-corrected chi connectivity index (χ1v) is 8.30. The second-order valence-corrected chi connectivity index (χ2v) is 5.94. The van der Waals surface area contributed by atoms with Gasteiger partial charge in [-0.25, -0.2) is 0 Å². The molecule has 0 aromatic heterocycles. The molecular weight excluding hydrogens is 300 g/mol. The smallest absolute Gasteiger partial charge is 0.244 e. The number of nitrogens with zero attached hydrogens (tertiary/aromatic N) is 1. The standard InChI is InChI=1S/C20H22N2O2/c23-18-9-6-16(7-10-18)8-11-20(24)21-13-3-14-22-15-12-17-4-1-2-5-19(17)22/h1-2,4-11,23H,3,12-15H2,(H,21,24)/b11-8+. The van der Waals surface area contributed by atoms with E-state index in [1.54, 1.807) is 30.3 Å². The highest BCUT2D eigenvalue weighted by atomic mass is 16.3. The quantitative estimate of drug-likeness (QED) is 0.635. The van der Waals surface area contributed by atoms with Crippen LogP contribution in [0.25, 0.3) is 6.08 Å². The molecular formula is C20H22N2O2. The lowest BCUT2D eigenvalue weighted by molar-refractivity contribution is -0.116. The van der Waals surface area contributed by atoms with Crippen LogP contribution < -0.4 is 10.2 Å². The van der Waals surface area contributed by atoms with Gasteiger partial charge in [0.15, 0.2) is 0 Å². The molecule has 0 fully saturated rings. The Hall–Kier alpha value is -2.75. The van der Waals surface area contributed by atoms with Crippen molar-refractivity contribution in [3.05, 3.63) is 65.7 Å². The molecule has 2 N–H and O–H groups in total. The van der Waals surface area contributed by atoms with Gasteiger partial charge in [0.2, 0.25) is 5.91 Å². The molecule has 0 saturated carbocycles. The topological polar surface area (TPSA) is 52.6 Å². The molecule has 24 heavy (non-hydrogen) atoms. The zero-order valence-electron chi connectivity index (χ0n) is 13.6. The lowest BCUT2D eigenvalue weighted by Crippen LogP contribution is -2.28. The molecule has 124 valence electrons. The summed E-state index contributed by atoms with van der Waals surface area (Å²) in [7, 11) is 0. The molecule has 0 radical (unpaired) electrons. The van der Waals surface area contributed by atoms with Gasteiger partial charge in [0.1, 0.15) is 5.75 Å². The fourth-order valence-electron chi connectivity index (χ4n) is 2.94. The molecule has 1 aliphatic heterocycles. The average molecular weight is 322 g/mol. The van der Waals surface area contributed by atoms with E-state index >= 15 is 0 Å². The Morgan fingerprint density at radius 1 is 1.17 bits per heavy atom. The van der Waals surface area contributed by atoms with Crippen LogP contribution in [0.4, 0.5) is 5.69 Å². The lowest BCUT2D eigenvalue weighted by Gasteiger charge is -2.19. The Bertz CT molecular complexity index is 723. The van der Waals surface area contributed by atoms with Crippen molar-refractivity contribution in [1.29, 1.82) is 0 Å². The van der Waals surface area contributed by atoms with Gasteiger partial charge < -0.3 is 15.3 Å². The van der Waals surface area contributed by atoms with Gasteiger partial charge in [0.05, 0.1) is 0 Å². The molecule has 0 bridgehead atoms. The first kappa shape index (κ1) is 16.1. The van der Waals surface area contributed by atoms with E-state index in [9.17, 15) is 9.90 Å². The molecule has 0 atom stereocenters. The fraction of sp³-hybridized carbons (Fsp3) is 0.250. The third-order valence-electron chi connectivity index (χ3n) is 4.21. The second kappa shape index (κ2) is 7.68. The van der Waals surface area contributed by atoms with Crippen LogP contribution in [-0.2, 0) is 11.2 Å². The summed E-state index contributed by atoms with van der Waals surface area (Å²) >= 11 is 0. The number of phenols is 1. The SMILES string of the molecule is O=C(/C=C/c1ccc(O)cc1)NCCCN1CCc2ccccc21. The Morgan fingerprint density at radius 2 is 1.96 bits per heavy atom. The number of anilines is 1. The molecule has 1 aliphatic rings. The van der Waals surface area contributed by atoms with Gasteiger partial charge in [-0.1, -0.05) is 30.3 Å². The van der Waals surface area contributed by atoms with Gasteiger partial charge in [-0.15, -0.1) is 0 Å². The molecule has 3 rings (SSSR count). The van der Waals surface area contributed by atoms with Crippen LogP contribution in [0.2, 0.25) is 0 Å². The van der Waals surface area contributed by atoms with Crippen LogP contribution in [0, 0.1) is 0 Å². The van der Waals surface area contributed by atoms with Gasteiger partial charge >= 0.3 is 0 Å². The summed E-state index contributed by atoms with van der Waals surface area (Å²) in [6, 6.07) is 15.3. The van der Waals surface area contributed by atoms with Gasteiger partial charge in [-0.3, -0.25) is 4.79 Å². The zero-order chi connectivity index (χ0) is 16.8. The number of benzene rings is 2. The highest BCUT2D eigenvalue weighted by Gasteiger charge is 2.17. The Balaban J connectivity index is 1.39. The van der Waals surface area contributed by atoms with E-state index in [0.29, 0.717) is 6.54 Å². The van der Waals surface area contributed by atoms with Crippen LogP contribution >= 0.6 is 0 Å². The van der Waals surface area contributed by atoms with Crippen LogP contribution in [0.5, 0.6) is 5.75 Å². The summed E-state index contributed by atoms with van der Waals surface area (Å²) in [6.07, 6.45) is 5.30. The van der Waals surface area contributed by atoms with E-state index in [2.05, 4.69) is 34.5 Å². The lowest BCUT2D eigenvalue weighted by atomic mass is 10.2. The molecule has 0 spiro atoms. The van der Waals surface area contributed by atoms with Gasteiger partial charge in [0, 0.05) is 31.4 Å². The van der Waals surface area contributed by atoms with E-state index < -0.39 is 0 Å². The molecule has 0 unspecified atom stereocenters. The van der Waals surface area contributed by atoms with Crippen molar-refractivity contribution in [2.24, 2.45) is 0 Å². The van der Waals surface area contributed by atoms with Gasteiger partial charge in [-0.2, -0.15) is 0 Å². The minimum absolute atomic E-state index is 0.0927. The summed E-state index contributed by atoms with van der Waals surface area (Å²) in [5.74, 6) is 0.130. The number of carbonyl (C=O) groups is 1. The van der Waals surface area contributed by atoms with E-state index in [4.69, 9.17) is 0 Å². The van der Waals surface area contributed by atoms with Crippen LogP contribution in [-0.4, -0.2) is 30.6 Å². The summed E-state index contributed by atoms with van der Waals surface area (Å²) in [6.45, 7) is 2.68. The number of amides is 1. The summed E-state index contributed by atoms with van der Waals surface area (Å²) in [5, 5.41) is 12.1. The zero-order valence-corrected chi connectivity index (χ0v) is 13.6. The van der Waals surface area contributed by atoms with E-state index in [1.807, 2.05) is 0 Å². The minimum Gasteiger partial charge on any atom is -0.508 e. The molecule has 4 nitrogen and oxygen atoms in total. The van der Waals surface area contributed by atoms with Crippen molar-refractivity contribution in [3.63, 3.8) is 0 Å². The van der Waals surface area contributed by atoms with E-state index in [1.165, 1.54) is 17.3 Å². The maximum Gasteiger partial charge on any atom is 0.244 e. The van der Waals surface area contributed by atoms with Crippen LogP contribution in [0.1, 0.15) is 17.5 Å². The highest BCUT2D eigenvalue weighted by molar-refractivity contribution is 5.91. The first-order chi connectivity index (χ1) is 11.7.